The van der Waals surface area contributed by atoms with Gasteiger partial charge in [0, 0.05) is 16.8 Å². The molecule has 1 amide bonds. The van der Waals surface area contributed by atoms with Gasteiger partial charge in [-0.1, -0.05) is 30.3 Å². The Bertz CT molecular complexity index is 1030. The summed E-state index contributed by atoms with van der Waals surface area (Å²) in [5, 5.41) is 15.8. The van der Waals surface area contributed by atoms with E-state index in [1.54, 1.807) is 25.1 Å². The summed E-state index contributed by atoms with van der Waals surface area (Å²) in [6.45, 7) is 6.05. The largest absolute Gasteiger partial charge is 0.462 e. The molecule has 2 aromatic rings. The summed E-state index contributed by atoms with van der Waals surface area (Å²) in [5.74, 6) is -1.00. The van der Waals surface area contributed by atoms with E-state index in [4.69, 9.17) is 4.74 Å². The van der Waals surface area contributed by atoms with E-state index in [0.29, 0.717) is 16.9 Å². The molecule has 0 saturated heterocycles. The molecule has 2 aromatic carbocycles. The number of amides is 1. The van der Waals surface area contributed by atoms with Gasteiger partial charge in [0.25, 0.3) is 5.91 Å². The van der Waals surface area contributed by atoms with Crippen molar-refractivity contribution >= 4 is 23.3 Å². The lowest BCUT2D eigenvalue weighted by Gasteiger charge is -2.36. The number of hydrogen-bond donors (Lipinski definition) is 2. The SMILES string of the molecule is CCOC(=O)c1cccc(NC(=O)C(C#N)=C2NC(C)(C)Cc3ccccc32)c1. The molecule has 0 spiro atoms. The van der Waals surface area contributed by atoms with Crippen molar-refractivity contribution in [2.45, 2.75) is 32.7 Å². The average molecular weight is 389 g/mol. The van der Waals surface area contributed by atoms with Crippen molar-refractivity contribution in [1.82, 2.24) is 5.32 Å². The molecule has 0 aromatic heterocycles. The van der Waals surface area contributed by atoms with Crippen molar-refractivity contribution in [2.24, 2.45) is 0 Å². The first-order valence-electron chi connectivity index (χ1n) is 9.44. The van der Waals surface area contributed by atoms with Gasteiger partial charge in [0.05, 0.1) is 17.9 Å². The van der Waals surface area contributed by atoms with Gasteiger partial charge in [-0.05, 0) is 51.0 Å². The van der Waals surface area contributed by atoms with Gasteiger partial charge in [-0.15, -0.1) is 0 Å². The van der Waals surface area contributed by atoms with Crippen molar-refractivity contribution in [1.29, 1.82) is 5.26 Å². The van der Waals surface area contributed by atoms with Crippen LogP contribution in [0.15, 0.2) is 54.1 Å². The number of carbonyl (C=O) groups excluding carboxylic acids is 2. The lowest BCUT2D eigenvalue weighted by atomic mass is 9.84. The number of anilines is 1. The van der Waals surface area contributed by atoms with Crippen molar-refractivity contribution in [3.05, 3.63) is 70.8 Å². The summed E-state index contributed by atoms with van der Waals surface area (Å²) < 4.78 is 4.99. The third-order valence-electron chi connectivity index (χ3n) is 4.60. The average Bonchev–Trinajstić information content (AvgIpc) is 2.68. The summed E-state index contributed by atoms with van der Waals surface area (Å²) in [5.41, 5.74) is 2.88. The molecule has 29 heavy (non-hydrogen) atoms. The van der Waals surface area contributed by atoms with Gasteiger partial charge in [0.2, 0.25) is 0 Å². The Morgan fingerprint density at radius 2 is 1.97 bits per heavy atom. The molecule has 0 saturated carbocycles. The topological polar surface area (TPSA) is 91.2 Å². The van der Waals surface area contributed by atoms with E-state index in [9.17, 15) is 14.9 Å². The zero-order valence-electron chi connectivity index (χ0n) is 16.7. The molecule has 3 rings (SSSR count). The molecular weight excluding hydrogens is 366 g/mol. The first-order chi connectivity index (χ1) is 13.8. The molecule has 0 unspecified atom stereocenters. The maximum Gasteiger partial charge on any atom is 0.338 e. The van der Waals surface area contributed by atoms with E-state index in [0.717, 1.165) is 17.5 Å². The van der Waals surface area contributed by atoms with Gasteiger partial charge in [-0.25, -0.2) is 4.79 Å². The molecule has 148 valence electrons. The smallest absolute Gasteiger partial charge is 0.338 e. The fraction of sp³-hybridized carbons (Fsp3) is 0.261. The van der Waals surface area contributed by atoms with Crippen LogP contribution in [-0.2, 0) is 16.0 Å². The zero-order valence-corrected chi connectivity index (χ0v) is 16.7. The van der Waals surface area contributed by atoms with Gasteiger partial charge >= 0.3 is 5.97 Å². The number of hydrogen-bond acceptors (Lipinski definition) is 5. The molecule has 0 fully saturated rings. The van der Waals surface area contributed by atoms with Crippen LogP contribution in [0, 0.1) is 11.3 Å². The maximum absolute atomic E-state index is 12.9. The highest BCUT2D eigenvalue weighted by Gasteiger charge is 2.31. The van der Waals surface area contributed by atoms with E-state index in [1.807, 2.05) is 44.2 Å². The first-order valence-corrected chi connectivity index (χ1v) is 9.44. The second-order valence-corrected chi connectivity index (χ2v) is 7.46. The van der Waals surface area contributed by atoms with Gasteiger partial charge in [0.15, 0.2) is 0 Å². The second kappa shape index (κ2) is 8.19. The van der Waals surface area contributed by atoms with Crippen molar-refractivity contribution in [2.75, 3.05) is 11.9 Å². The molecule has 6 nitrogen and oxygen atoms in total. The Kier molecular flexibility index (Phi) is 5.69. The Morgan fingerprint density at radius 1 is 1.21 bits per heavy atom. The number of ether oxygens (including phenoxy) is 1. The molecular formula is C23H23N3O3. The minimum absolute atomic E-state index is 0.00763. The van der Waals surface area contributed by atoms with Crippen molar-refractivity contribution < 1.29 is 14.3 Å². The lowest BCUT2D eigenvalue weighted by molar-refractivity contribution is -0.112. The normalized spacial score (nSPS) is 15.9. The maximum atomic E-state index is 12.9. The molecule has 1 heterocycles. The standard InChI is InChI=1S/C23H23N3O3/c1-4-29-22(28)15-9-7-10-17(12-15)25-21(27)19(14-24)20-18-11-6-5-8-16(18)13-23(2,3)26-20/h5-12,26H,4,13H2,1-3H3,(H,25,27). The molecule has 1 aliphatic rings. The monoisotopic (exact) mass is 389 g/mol. The molecule has 0 atom stereocenters. The molecule has 0 aliphatic carbocycles. The Labute approximate surface area is 170 Å². The minimum atomic E-state index is -0.538. The molecule has 0 bridgehead atoms. The summed E-state index contributed by atoms with van der Waals surface area (Å²) in [4.78, 5) is 24.8. The van der Waals surface area contributed by atoms with Crippen LogP contribution in [0.1, 0.15) is 42.3 Å². The third kappa shape index (κ3) is 4.46. The van der Waals surface area contributed by atoms with Crippen LogP contribution >= 0.6 is 0 Å². The Hall–Kier alpha value is -3.59. The van der Waals surface area contributed by atoms with Gasteiger partial charge in [-0.2, -0.15) is 5.26 Å². The third-order valence-corrected chi connectivity index (χ3v) is 4.60. The number of fused-ring (bicyclic) bond motifs is 1. The fourth-order valence-corrected chi connectivity index (χ4v) is 3.39. The van der Waals surface area contributed by atoms with Crippen LogP contribution in [0.4, 0.5) is 5.69 Å². The van der Waals surface area contributed by atoms with Crippen LogP contribution in [0.3, 0.4) is 0 Å². The number of rotatable bonds is 4. The van der Waals surface area contributed by atoms with E-state index >= 15 is 0 Å². The Morgan fingerprint density at radius 3 is 2.69 bits per heavy atom. The molecule has 1 aliphatic heterocycles. The zero-order chi connectivity index (χ0) is 21.0. The molecule has 2 N–H and O–H groups in total. The first kappa shape index (κ1) is 20.2. The number of nitriles is 1. The lowest BCUT2D eigenvalue weighted by Crippen LogP contribution is -2.44. The van der Waals surface area contributed by atoms with Gasteiger partial charge in [-0.3, -0.25) is 4.79 Å². The molecule has 6 heteroatoms. The number of esters is 1. The van der Waals surface area contributed by atoms with Crippen molar-refractivity contribution in [3.8, 4) is 6.07 Å². The fourth-order valence-electron chi connectivity index (χ4n) is 3.39. The summed E-state index contributed by atoms with van der Waals surface area (Å²) >= 11 is 0. The van der Waals surface area contributed by atoms with Gasteiger partial charge in [0.1, 0.15) is 11.6 Å². The molecule has 0 radical (unpaired) electrons. The van der Waals surface area contributed by atoms with Crippen LogP contribution in [-0.4, -0.2) is 24.0 Å². The highest BCUT2D eigenvalue weighted by molar-refractivity contribution is 6.12. The van der Waals surface area contributed by atoms with E-state index in [2.05, 4.69) is 10.6 Å². The number of benzene rings is 2. The van der Waals surface area contributed by atoms with E-state index in [1.165, 1.54) is 6.07 Å². The number of carbonyl (C=O) groups is 2. The second-order valence-electron chi connectivity index (χ2n) is 7.46. The number of nitrogens with zero attached hydrogens (tertiary/aromatic N) is 1. The van der Waals surface area contributed by atoms with E-state index in [-0.39, 0.29) is 17.7 Å². The summed E-state index contributed by atoms with van der Waals surface area (Å²) in [7, 11) is 0. The highest BCUT2D eigenvalue weighted by atomic mass is 16.5. The number of nitrogens with one attached hydrogen (secondary N) is 2. The minimum Gasteiger partial charge on any atom is -0.462 e. The van der Waals surface area contributed by atoms with Crippen LogP contribution in [0.25, 0.3) is 5.70 Å². The quantitative estimate of drug-likeness (QED) is 0.473. The van der Waals surface area contributed by atoms with Crippen LogP contribution in [0.5, 0.6) is 0 Å². The highest BCUT2D eigenvalue weighted by Crippen LogP contribution is 2.31. The summed E-state index contributed by atoms with van der Waals surface area (Å²) in [6, 6.07) is 16.2. The van der Waals surface area contributed by atoms with Crippen molar-refractivity contribution in [3.63, 3.8) is 0 Å². The predicted molar refractivity (Wildman–Crippen MR) is 111 cm³/mol. The predicted octanol–water partition coefficient (Wildman–Crippen LogP) is 3.66. The van der Waals surface area contributed by atoms with Crippen LogP contribution in [0.2, 0.25) is 0 Å². The Balaban J connectivity index is 1.95. The van der Waals surface area contributed by atoms with Crippen LogP contribution < -0.4 is 10.6 Å². The summed E-state index contributed by atoms with van der Waals surface area (Å²) in [6.07, 6.45) is 0.786. The van der Waals surface area contributed by atoms with Gasteiger partial charge < -0.3 is 15.4 Å². The van der Waals surface area contributed by atoms with E-state index < -0.39 is 11.9 Å².